The number of aliphatic hydroxyl groups is 1. The number of aryl methyl sites for hydroxylation is 1. The summed E-state index contributed by atoms with van der Waals surface area (Å²) in [5.41, 5.74) is 3.59. The van der Waals surface area contributed by atoms with Crippen molar-refractivity contribution in [3.05, 3.63) is 35.3 Å². The molecule has 3 aliphatic rings. The standard InChI is InChI=1S/C15H18O2/c1-7-6-17-11-5-15(3)10-4-9(10)8(2)13(15)14(16)12(7)11/h6,9-10,13-14,16H,2,4-5H2,1,3H3/t9-,10+,13-,14-,15+/m1/s1. The molecule has 0 aliphatic heterocycles. The van der Waals surface area contributed by atoms with Crippen molar-refractivity contribution in [2.24, 2.45) is 23.2 Å². The number of hydrogen-bond acceptors (Lipinski definition) is 2. The highest BCUT2D eigenvalue weighted by Gasteiger charge is 2.66. The molecule has 0 saturated heterocycles. The summed E-state index contributed by atoms with van der Waals surface area (Å²) in [6.45, 7) is 8.58. The van der Waals surface area contributed by atoms with E-state index in [9.17, 15) is 5.11 Å². The summed E-state index contributed by atoms with van der Waals surface area (Å²) < 4.78 is 5.64. The van der Waals surface area contributed by atoms with Crippen LogP contribution in [-0.4, -0.2) is 5.11 Å². The zero-order valence-electron chi connectivity index (χ0n) is 10.4. The summed E-state index contributed by atoms with van der Waals surface area (Å²) in [5, 5.41) is 10.7. The summed E-state index contributed by atoms with van der Waals surface area (Å²) in [6.07, 6.45) is 3.62. The highest BCUT2D eigenvalue weighted by molar-refractivity contribution is 5.42. The molecule has 90 valence electrons. The largest absolute Gasteiger partial charge is 0.469 e. The van der Waals surface area contributed by atoms with Crippen molar-refractivity contribution in [3.63, 3.8) is 0 Å². The molecule has 5 atom stereocenters. The molecule has 1 aromatic heterocycles. The molecule has 3 aliphatic carbocycles. The molecular formula is C15H18O2. The summed E-state index contributed by atoms with van der Waals surface area (Å²) in [7, 11) is 0. The number of furan rings is 1. The van der Waals surface area contributed by atoms with Gasteiger partial charge in [-0.1, -0.05) is 19.1 Å². The van der Waals surface area contributed by atoms with Crippen molar-refractivity contribution < 1.29 is 9.52 Å². The van der Waals surface area contributed by atoms with Crippen LogP contribution < -0.4 is 0 Å². The quantitative estimate of drug-likeness (QED) is 0.695. The Hall–Kier alpha value is -1.02. The highest BCUT2D eigenvalue weighted by atomic mass is 16.3. The van der Waals surface area contributed by atoms with Crippen LogP contribution in [0.4, 0.5) is 0 Å². The zero-order chi connectivity index (χ0) is 11.9. The number of fused-ring (bicyclic) bond motifs is 4. The van der Waals surface area contributed by atoms with Gasteiger partial charge in [0.2, 0.25) is 0 Å². The van der Waals surface area contributed by atoms with Crippen LogP contribution in [0.2, 0.25) is 0 Å². The number of aliphatic hydroxyl groups excluding tert-OH is 1. The van der Waals surface area contributed by atoms with Gasteiger partial charge in [0.1, 0.15) is 5.76 Å². The van der Waals surface area contributed by atoms with E-state index in [-0.39, 0.29) is 11.3 Å². The zero-order valence-corrected chi connectivity index (χ0v) is 10.4. The molecule has 2 nitrogen and oxygen atoms in total. The third-order valence-corrected chi connectivity index (χ3v) is 5.48. The van der Waals surface area contributed by atoms with Crippen molar-refractivity contribution >= 4 is 0 Å². The minimum atomic E-state index is -0.400. The molecule has 1 aromatic rings. The average Bonchev–Trinajstić information content (AvgIpc) is 2.94. The second kappa shape index (κ2) is 2.69. The molecule has 17 heavy (non-hydrogen) atoms. The fraction of sp³-hybridized carbons (Fsp3) is 0.600. The van der Waals surface area contributed by atoms with Crippen molar-refractivity contribution in [2.45, 2.75) is 32.8 Å². The monoisotopic (exact) mass is 230 g/mol. The van der Waals surface area contributed by atoms with E-state index in [4.69, 9.17) is 4.42 Å². The highest BCUT2D eigenvalue weighted by Crippen LogP contribution is 2.72. The van der Waals surface area contributed by atoms with E-state index >= 15 is 0 Å². The lowest BCUT2D eigenvalue weighted by molar-refractivity contribution is 0.0272. The van der Waals surface area contributed by atoms with Crippen molar-refractivity contribution in [1.29, 1.82) is 0 Å². The predicted molar refractivity (Wildman–Crippen MR) is 64.4 cm³/mol. The molecule has 0 unspecified atom stereocenters. The van der Waals surface area contributed by atoms with Crippen LogP contribution in [0.1, 0.15) is 36.3 Å². The first-order valence-corrected chi connectivity index (χ1v) is 6.47. The summed E-state index contributed by atoms with van der Waals surface area (Å²) in [5.74, 6) is 2.65. The van der Waals surface area contributed by atoms with Gasteiger partial charge in [0.15, 0.2) is 0 Å². The summed E-state index contributed by atoms with van der Waals surface area (Å²) >= 11 is 0. The van der Waals surface area contributed by atoms with Gasteiger partial charge in [0, 0.05) is 17.9 Å². The van der Waals surface area contributed by atoms with Gasteiger partial charge in [-0.25, -0.2) is 0 Å². The molecule has 0 spiro atoms. The molecule has 0 radical (unpaired) electrons. The fourth-order valence-electron chi connectivity index (χ4n) is 4.58. The van der Waals surface area contributed by atoms with Gasteiger partial charge < -0.3 is 9.52 Å². The first kappa shape index (κ1) is 9.95. The van der Waals surface area contributed by atoms with Gasteiger partial charge in [-0.3, -0.25) is 0 Å². The predicted octanol–water partition coefficient (Wildman–Crippen LogP) is 3.01. The topological polar surface area (TPSA) is 33.4 Å². The van der Waals surface area contributed by atoms with Crippen LogP contribution >= 0.6 is 0 Å². The Morgan fingerprint density at radius 2 is 2.29 bits per heavy atom. The second-order valence-electron chi connectivity index (χ2n) is 6.38. The Bertz CT molecular complexity index is 527. The number of hydrogen-bond donors (Lipinski definition) is 1. The first-order chi connectivity index (χ1) is 8.04. The molecule has 1 heterocycles. The lowest BCUT2D eigenvalue weighted by Gasteiger charge is -2.41. The van der Waals surface area contributed by atoms with Crippen LogP contribution in [0, 0.1) is 30.1 Å². The molecule has 0 amide bonds. The van der Waals surface area contributed by atoms with Crippen LogP contribution in [0.25, 0.3) is 0 Å². The molecule has 0 bridgehead atoms. The van der Waals surface area contributed by atoms with Crippen LogP contribution in [0.15, 0.2) is 22.8 Å². The first-order valence-electron chi connectivity index (χ1n) is 6.47. The maximum Gasteiger partial charge on any atom is 0.110 e. The molecule has 2 saturated carbocycles. The van der Waals surface area contributed by atoms with E-state index in [2.05, 4.69) is 13.5 Å². The van der Waals surface area contributed by atoms with E-state index < -0.39 is 6.10 Å². The smallest absolute Gasteiger partial charge is 0.110 e. The SMILES string of the molecule is C=C1[C@H]2C[C@@H]2[C@]2(C)Cc3occ(C)c3[C@@H](O)[C@@H]12. The van der Waals surface area contributed by atoms with Gasteiger partial charge in [-0.15, -0.1) is 0 Å². The van der Waals surface area contributed by atoms with Crippen molar-refractivity contribution in [2.75, 3.05) is 0 Å². The maximum absolute atomic E-state index is 10.7. The Morgan fingerprint density at radius 3 is 3.06 bits per heavy atom. The van der Waals surface area contributed by atoms with Crippen LogP contribution in [0.5, 0.6) is 0 Å². The van der Waals surface area contributed by atoms with Gasteiger partial charge in [0.05, 0.1) is 12.4 Å². The van der Waals surface area contributed by atoms with Crippen molar-refractivity contribution in [3.8, 4) is 0 Å². The Kier molecular flexibility index (Phi) is 1.58. The van der Waals surface area contributed by atoms with Gasteiger partial charge in [-0.05, 0) is 36.2 Å². The van der Waals surface area contributed by atoms with E-state index in [0.29, 0.717) is 5.92 Å². The molecule has 0 aromatic carbocycles. The fourth-order valence-corrected chi connectivity index (χ4v) is 4.58. The van der Waals surface area contributed by atoms with Gasteiger partial charge in [-0.2, -0.15) is 0 Å². The van der Waals surface area contributed by atoms with E-state index in [1.54, 1.807) is 6.26 Å². The van der Waals surface area contributed by atoms with Gasteiger partial charge in [0.25, 0.3) is 0 Å². The minimum absolute atomic E-state index is 0.179. The Labute approximate surface area is 101 Å². The Balaban J connectivity index is 1.90. The normalized spacial score (nSPS) is 46.4. The van der Waals surface area contributed by atoms with Gasteiger partial charge >= 0.3 is 0 Å². The molecule has 1 N–H and O–H groups in total. The maximum atomic E-state index is 10.7. The third-order valence-electron chi connectivity index (χ3n) is 5.48. The molecule has 2 fully saturated rings. The second-order valence-corrected chi connectivity index (χ2v) is 6.38. The molecule has 4 rings (SSSR count). The summed E-state index contributed by atoms with van der Waals surface area (Å²) in [6, 6.07) is 0. The summed E-state index contributed by atoms with van der Waals surface area (Å²) in [4.78, 5) is 0. The van der Waals surface area contributed by atoms with E-state index in [1.807, 2.05) is 6.92 Å². The molecular weight excluding hydrogens is 212 g/mol. The Morgan fingerprint density at radius 1 is 1.53 bits per heavy atom. The minimum Gasteiger partial charge on any atom is -0.469 e. The third kappa shape index (κ3) is 0.971. The molecule has 2 heteroatoms. The lowest BCUT2D eigenvalue weighted by atomic mass is 9.64. The number of rotatable bonds is 0. The van der Waals surface area contributed by atoms with E-state index in [1.165, 1.54) is 12.0 Å². The van der Waals surface area contributed by atoms with Crippen molar-refractivity contribution in [1.82, 2.24) is 0 Å². The average molecular weight is 230 g/mol. The van der Waals surface area contributed by atoms with Crippen LogP contribution in [0.3, 0.4) is 0 Å². The lowest BCUT2D eigenvalue weighted by Crippen LogP contribution is -2.37. The van der Waals surface area contributed by atoms with Crippen LogP contribution in [-0.2, 0) is 6.42 Å². The van der Waals surface area contributed by atoms with E-state index in [0.717, 1.165) is 29.2 Å².